The Bertz CT molecular complexity index is 73.3. The third-order valence-corrected chi connectivity index (χ3v) is 2.94. The highest BCUT2D eigenvalue weighted by molar-refractivity contribution is 6.76. The van der Waals surface area contributed by atoms with Gasteiger partial charge < -0.3 is 5.11 Å². The second-order valence-electron chi connectivity index (χ2n) is 3.49. The van der Waals surface area contributed by atoms with Gasteiger partial charge in [0.15, 0.2) is 0 Å². The SMILES string of the molecule is C[Si](C)(C)CCCO.ClCCl. The molecule has 0 saturated carbocycles. The Kier molecular flexibility index (Phi) is 11.5. The van der Waals surface area contributed by atoms with E-state index in [1.807, 2.05) is 0 Å². The van der Waals surface area contributed by atoms with Crippen molar-refractivity contribution in [2.75, 3.05) is 11.9 Å². The molecule has 0 saturated heterocycles. The zero-order valence-electron chi connectivity index (χ0n) is 7.53. The van der Waals surface area contributed by atoms with Gasteiger partial charge in [-0.05, 0) is 6.42 Å². The van der Waals surface area contributed by atoms with Crippen LogP contribution in [-0.4, -0.2) is 25.1 Å². The minimum Gasteiger partial charge on any atom is -0.396 e. The predicted molar refractivity (Wildman–Crippen MR) is 56.4 cm³/mol. The molecule has 1 N–H and O–H groups in total. The molecule has 0 aromatic heterocycles. The van der Waals surface area contributed by atoms with Gasteiger partial charge in [-0.3, -0.25) is 0 Å². The molecule has 0 bridgehead atoms. The van der Waals surface area contributed by atoms with Crippen LogP contribution >= 0.6 is 23.2 Å². The fourth-order valence-corrected chi connectivity index (χ4v) is 1.83. The fourth-order valence-electron chi connectivity index (χ4n) is 0.609. The Morgan fingerprint density at radius 2 is 1.55 bits per heavy atom. The number of hydrogen-bond acceptors (Lipinski definition) is 1. The van der Waals surface area contributed by atoms with Gasteiger partial charge in [-0.1, -0.05) is 25.7 Å². The van der Waals surface area contributed by atoms with Gasteiger partial charge in [-0.2, -0.15) is 0 Å². The zero-order valence-corrected chi connectivity index (χ0v) is 10.0. The highest BCUT2D eigenvalue weighted by Gasteiger charge is 2.10. The second kappa shape index (κ2) is 8.85. The Labute approximate surface area is 80.7 Å². The van der Waals surface area contributed by atoms with Crippen molar-refractivity contribution in [2.45, 2.75) is 32.1 Å². The van der Waals surface area contributed by atoms with Gasteiger partial charge in [-0.25, -0.2) is 0 Å². The smallest absolute Gasteiger partial charge is 0.0967 e. The number of hydrogen-bond donors (Lipinski definition) is 1. The quantitative estimate of drug-likeness (QED) is 0.568. The lowest BCUT2D eigenvalue weighted by atomic mass is 10.5. The van der Waals surface area contributed by atoms with Crippen molar-refractivity contribution in [1.29, 1.82) is 0 Å². The molecule has 0 aromatic carbocycles. The van der Waals surface area contributed by atoms with E-state index in [1.54, 1.807) is 0 Å². The molecule has 0 heterocycles. The minimum absolute atomic E-state index is 0.194. The van der Waals surface area contributed by atoms with Crippen LogP contribution in [0.25, 0.3) is 0 Å². The molecule has 0 aromatic rings. The summed E-state index contributed by atoms with van der Waals surface area (Å²) in [6.07, 6.45) is 0.996. The maximum Gasteiger partial charge on any atom is 0.0967 e. The third kappa shape index (κ3) is 24.9. The number of halogens is 2. The predicted octanol–water partition coefficient (Wildman–Crippen LogP) is 3.13. The van der Waals surface area contributed by atoms with E-state index in [1.165, 1.54) is 6.04 Å². The molecule has 0 radical (unpaired) electrons. The minimum atomic E-state index is -0.838. The monoisotopic (exact) mass is 216 g/mol. The van der Waals surface area contributed by atoms with E-state index in [2.05, 4.69) is 19.6 Å². The summed E-state index contributed by atoms with van der Waals surface area (Å²) in [5.41, 5.74) is 0. The van der Waals surface area contributed by atoms with Crippen LogP contribution in [0.15, 0.2) is 0 Å². The van der Waals surface area contributed by atoms with Crippen molar-refractivity contribution in [3.8, 4) is 0 Å². The molecule has 0 unspecified atom stereocenters. The molecule has 0 spiro atoms. The molecule has 0 fully saturated rings. The van der Waals surface area contributed by atoms with Crippen molar-refractivity contribution >= 4 is 31.3 Å². The van der Waals surface area contributed by atoms with Crippen LogP contribution in [0.5, 0.6) is 0 Å². The van der Waals surface area contributed by atoms with Gasteiger partial charge in [0.05, 0.1) is 5.34 Å². The number of aliphatic hydroxyl groups is 1. The molecular formula is C7H18Cl2OSi. The number of aliphatic hydroxyl groups excluding tert-OH is 1. The summed E-state index contributed by atoms with van der Waals surface area (Å²) < 4.78 is 0. The molecule has 4 heteroatoms. The maximum atomic E-state index is 8.45. The summed E-state index contributed by atoms with van der Waals surface area (Å²) in [6.45, 7) is 7.33. The maximum absolute atomic E-state index is 8.45. The first-order chi connectivity index (χ1) is 4.97. The van der Waals surface area contributed by atoms with Crippen LogP contribution in [0, 0.1) is 0 Å². The van der Waals surface area contributed by atoms with Gasteiger partial charge in [0.2, 0.25) is 0 Å². The summed E-state index contributed by atoms with van der Waals surface area (Å²) in [5, 5.41) is 8.65. The summed E-state index contributed by atoms with van der Waals surface area (Å²) in [4.78, 5) is 0. The Balaban J connectivity index is 0. The van der Waals surface area contributed by atoms with Gasteiger partial charge in [0.1, 0.15) is 0 Å². The molecular weight excluding hydrogens is 199 g/mol. The Morgan fingerprint density at radius 3 is 1.64 bits per heavy atom. The first-order valence-corrected chi connectivity index (χ1v) is 8.48. The molecule has 70 valence electrons. The van der Waals surface area contributed by atoms with E-state index in [-0.39, 0.29) is 5.34 Å². The van der Waals surface area contributed by atoms with Gasteiger partial charge >= 0.3 is 0 Å². The zero-order chi connectivity index (χ0) is 9.33. The van der Waals surface area contributed by atoms with Gasteiger partial charge in [0, 0.05) is 14.7 Å². The van der Waals surface area contributed by atoms with Gasteiger partial charge in [0.25, 0.3) is 0 Å². The summed E-state index contributed by atoms with van der Waals surface area (Å²) in [7, 11) is -0.838. The number of alkyl halides is 2. The lowest BCUT2D eigenvalue weighted by Crippen LogP contribution is -2.19. The molecule has 1 nitrogen and oxygen atoms in total. The highest BCUT2D eigenvalue weighted by atomic mass is 35.5. The fraction of sp³-hybridized carbons (Fsp3) is 1.00. The molecule has 0 aliphatic rings. The normalized spacial score (nSPS) is 10.4. The van der Waals surface area contributed by atoms with Crippen LogP contribution in [-0.2, 0) is 0 Å². The molecule has 11 heavy (non-hydrogen) atoms. The van der Waals surface area contributed by atoms with Crippen molar-refractivity contribution in [3.63, 3.8) is 0 Å². The highest BCUT2D eigenvalue weighted by Crippen LogP contribution is 2.09. The third-order valence-electron chi connectivity index (χ3n) is 1.08. The van der Waals surface area contributed by atoms with Crippen LogP contribution < -0.4 is 0 Å². The lowest BCUT2D eigenvalue weighted by Gasteiger charge is -2.13. The second-order valence-corrected chi connectivity index (χ2v) is 9.92. The summed E-state index contributed by atoms with van der Waals surface area (Å²) >= 11 is 9.53. The largest absolute Gasteiger partial charge is 0.396 e. The topological polar surface area (TPSA) is 20.2 Å². The molecule has 0 amide bonds. The van der Waals surface area contributed by atoms with E-state index < -0.39 is 8.07 Å². The summed E-state index contributed by atoms with van der Waals surface area (Å²) in [5.74, 6) is 0. The van der Waals surface area contributed by atoms with Crippen LogP contribution in [0.2, 0.25) is 25.7 Å². The first kappa shape index (κ1) is 14.3. The van der Waals surface area contributed by atoms with Crippen LogP contribution in [0.4, 0.5) is 0 Å². The summed E-state index contributed by atoms with van der Waals surface area (Å²) in [6, 6.07) is 1.25. The standard InChI is InChI=1S/C6H16OSi.CH2Cl2/c1-8(2,3)6-4-5-7;2-1-3/h7H,4-6H2,1-3H3;1H2. The van der Waals surface area contributed by atoms with E-state index in [0.29, 0.717) is 6.61 Å². The van der Waals surface area contributed by atoms with Crippen molar-refractivity contribution < 1.29 is 5.11 Å². The van der Waals surface area contributed by atoms with Crippen molar-refractivity contribution in [1.82, 2.24) is 0 Å². The van der Waals surface area contributed by atoms with E-state index in [0.717, 1.165) is 6.42 Å². The number of rotatable bonds is 3. The Morgan fingerprint density at radius 1 is 1.18 bits per heavy atom. The lowest BCUT2D eigenvalue weighted by molar-refractivity contribution is 0.294. The molecule has 0 rings (SSSR count). The van der Waals surface area contributed by atoms with Crippen molar-refractivity contribution in [2.24, 2.45) is 0 Å². The van der Waals surface area contributed by atoms with Crippen LogP contribution in [0.1, 0.15) is 6.42 Å². The van der Waals surface area contributed by atoms with E-state index in [9.17, 15) is 0 Å². The molecule has 0 aliphatic carbocycles. The van der Waals surface area contributed by atoms with Crippen molar-refractivity contribution in [3.05, 3.63) is 0 Å². The average molecular weight is 217 g/mol. The van der Waals surface area contributed by atoms with E-state index >= 15 is 0 Å². The van der Waals surface area contributed by atoms with E-state index in [4.69, 9.17) is 28.3 Å². The Hall–Kier alpha value is 0.757. The van der Waals surface area contributed by atoms with Gasteiger partial charge in [-0.15, -0.1) is 23.2 Å². The molecule has 0 atom stereocenters. The molecule has 0 aliphatic heterocycles. The van der Waals surface area contributed by atoms with Crippen LogP contribution in [0.3, 0.4) is 0 Å². The average Bonchev–Trinajstić information content (AvgIpc) is 1.84. The first-order valence-electron chi connectivity index (χ1n) is 3.70.